The van der Waals surface area contributed by atoms with Gasteiger partial charge < -0.3 is 10.2 Å². The summed E-state index contributed by atoms with van der Waals surface area (Å²) < 4.78 is 1.12. The largest absolute Gasteiger partial charge is 0.342 e. The fourth-order valence-corrected chi connectivity index (χ4v) is 3.04. The van der Waals surface area contributed by atoms with Crippen LogP contribution in [0.25, 0.3) is 0 Å². The van der Waals surface area contributed by atoms with Crippen LogP contribution in [-0.4, -0.2) is 30.4 Å². The number of carbonyl (C=O) groups is 1. The molecule has 0 bridgehead atoms. The number of nitrogens with zero attached hydrogens (tertiary/aromatic N) is 1. The van der Waals surface area contributed by atoms with Crippen molar-refractivity contribution in [1.29, 1.82) is 0 Å². The van der Waals surface area contributed by atoms with Gasteiger partial charge in [-0.25, -0.2) is 0 Å². The zero-order chi connectivity index (χ0) is 12.8. The molecule has 0 radical (unpaired) electrons. The Morgan fingerprint density at radius 1 is 1.47 bits per heavy atom. The summed E-state index contributed by atoms with van der Waals surface area (Å²) in [6.07, 6.45) is 0. The molecule has 0 aliphatic heterocycles. The average molecular weight is 319 g/mol. The van der Waals surface area contributed by atoms with Crippen molar-refractivity contribution in [3.05, 3.63) is 20.8 Å². The molecule has 1 amide bonds. The van der Waals surface area contributed by atoms with Gasteiger partial charge in [0.15, 0.2) is 0 Å². The number of amides is 1. The maximum absolute atomic E-state index is 11.8. The summed E-state index contributed by atoms with van der Waals surface area (Å²) in [7, 11) is 0. The highest BCUT2D eigenvalue weighted by Gasteiger charge is 2.12. The molecule has 1 atom stereocenters. The first-order valence-electron chi connectivity index (χ1n) is 5.84. The molecule has 1 aromatic rings. The SMILES string of the molecule is CCN(CC)C(=O)CNC(C)c1ccc(Br)s1. The van der Waals surface area contributed by atoms with Crippen molar-refractivity contribution in [3.8, 4) is 0 Å². The van der Waals surface area contributed by atoms with Crippen LogP contribution in [0, 0.1) is 0 Å². The smallest absolute Gasteiger partial charge is 0.236 e. The Morgan fingerprint density at radius 2 is 2.12 bits per heavy atom. The summed E-state index contributed by atoms with van der Waals surface area (Å²) in [5.41, 5.74) is 0. The molecule has 1 N–H and O–H groups in total. The summed E-state index contributed by atoms with van der Waals surface area (Å²) in [5.74, 6) is 0.164. The highest BCUT2D eigenvalue weighted by atomic mass is 79.9. The molecule has 5 heteroatoms. The van der Waals surface area contributed by atoms with Crippen LogP contribution in [-0.2, 0) is 4.79 Å². The second-order valence-corrected chi connectivity index (χ2v) is 6.31. The first-order chi connectivity index (χ1) is 8.08. The zero-order valence-electron chi connectivity index (χ0n) is 10.5. The molecule has 0 spiro atoms. The molecular weight excluding hydrogens is 300 g/mol. The van der Waals surface area contributed by atoms with Gasteiger partial charge in [-0.3, -0.25) is 4.79 Å². The maximum atomic E-state index is 11.8. The molecule has 0 fully saturated rings. The topological polar surface area (TPSA) is 32.3 Å². The van der Waals surface area contributed by atoms with E-state index in [0.29, 0.717) is 6.54 Å². The normalized spacial score (nSPS) is 12.5. The number of carbonyl (C=O) groups excluding carboxylic acids is 1. The highest BCUT2D eigenvalue weighted by Crippen LogP contribution is 2.26. The van der Waals surface area contributed by atoms with Gasteiger partial charge in [0.05, 0.1) is 10.3 Å². The van der Waals surface area contributed by atoms with E-state index in [1.54, 1.807) is 11.3 Å². The predicted molar refractivity (Wildman–Crippen MR) is 76.4 cm³/mol. The number of nitrogens with one attached hydrogen (secondary N) is 1. The third-order valence-electron chi connectivity index (χ3n) is 2.70. The second kappa shape index (κ2) is 7.13. The number of thiophene rings is 1. The van der Waals surface area contributed by atoms with Crippen molar-refractivity contribution in [2.75, 3.05) is 19.6 Å². The van der Waals surface area contributed by atoms with Crippen molar-refractivity contribution in [2.45, 2.75) is 26.8 Å². The van der Waals surface area contributed by atoms with Crippen LogP contribution in [0.15, 0.2) is 15.9 Å². The van der Waals surface area contributed by atoms with Crippen LogP contribution < -0.4 is 5.32 Å². The van der Waals surface area contributed by atoms with Crippen molar-refractivity contribution < 1.29 is 4.79 Å². The summed E-state index contributed by atoms with van der Waals surface area (Å²) in [4.78, 5) is 14.9. The Balaban J connectivity index is 2.43. The van der Waals surface area contributed by atoms with E-state index in [9.17, 15) is 4.79 Å². The lowest BCUT2D eigenvalue weighted by Gasteiger charge is -2.20. The van der Waals surface area contributed by atoms with Crippen LogP contribution in [0.5, 0.6) is 0 Å². The van der Waals surface area contributed by atoms with Crippen molar-refractivity contribution in [2.24, 2.45) is 0 Å². The molecule has 1 rings (SSSR count). The van der Waals surface area contributed by atoms with Gasteiger partial charge in [0.1, 0.15) is 0 Å². The third kappa shape index (κ3) is 4.41. The Hall–Kier alpha value is -0.390. The minimum Gasteiger partial charge on any atom is -0.342 e. The Labute approximate surface area is 115 Å². The quantitative estimate of drug-likeness (QED) is 0.874. The molecule has 1 aromatic heterocycles. The molecule has 0 aliphatic carbocycles. The number of hydrogen-bond acceptors (Lipinski definition) is 3. The standard InChI is InChI=1S/C12H19BrN2OS/c1-4-15(5-2)12(16)8-14-9(3)10-6-7-11(13)17-10/h6-7,9,14H,4-5,8H2,1-3H3. The molecular formula is C12H19BrN2OS. The zero-order valence-corrected chi connectivity index (χ0v) is 12.9. The lowest BCUT2D eigenvalue weighted by atomic mass is 10.3. The van der Waals surface area contributed by atoms with E-state index >= 15 is 0 Å². The van der Waals surface area contributed by atoms with Gasteiger partial charge in [0, 0.05) is 24.0 Å². The minimum atomic E-state index is 0.164. The Bertz CT molecular complexity index is 363. The first kappa shape index (κ1) is 14.7. The van der Waals surface area contributed by atoms with Crippen molar-refractivity contribution in [3.63, 3.8) is 0 Å². The molecule has 0 aromatic carbocycles. The number of halogens is 1. The van der Waals surface area contributed by atoms with E-state index < -0.39 is 0 Å². The minimum absolute atomic E-state index is 0.164. The summed E-state index contributed by atoms with van der Waals surface area (Å²) >= 11 is 5.14. The predicted octanol–water partition coefficient (Wildman–Crippen LogP) is 3.03. The Morgan fingerprint density at radius 3 is 2.59 bits per heavy atom. The number of likely N-dealkylation sites (N-methyl/N-ethyl adjacent to an activating group) is 1. The van der Waals surface area contributed by atoms with E-state index in [2.05, 4.69) is 34.2 Å². The maximum Gasteiger partial charge on any atom is 0.236 e. The second-order valence-electron chi connectivity index (χ2n) is 3.81. The lowest BCUT2D eigenvalue weighted by Crippen LogP contribution is -2.38. The van der Waals surface area contributed by atoms with E-state index in [4.69, 9.17) is 0 Å². The van der Waals surface area contributed by atoms with Gasteiger partial charge in [-0.2, -0.15) is 0 Å². The number of rotatable bonds is 6. The monoisotopic (exact) mass is 318 g/mol. The molecule has 0 saturated carbocycles. The molecule has 1 heterocycles. The molecule has 3 nitrogen and oxygen atoms in total. The summed E-state index contributed by atoms with van der Waals surface area (Å²) in [6.45, 7) is 8.03. The number of hydrogen-bond donors (Lipinski definition) is 1. The summed E-state index contributed by atoms with van der Waals surface area (Å²) in [5, 5.41) is 3.26. The van der Waals surface area contributed by atoms with Crippen LogP contribution in [0.4, 0.5) is 0 Å². The molecule has 96 valence electrons. The van der Waals surface area contributed by atoms with E-state index in [0.717, 1.165) is 16.9 Å². The van der Waals surface area contributed by atoms with E-state index in [-0.39, 0.29) is 11.9 Å². The van der Waals surface area contributed by atoms with Gasteiger partial charge in [-0.15, -0.1) is 11.3 Å². The highest BCUT2D eigenvalue weighted by molar-refractivity contribution is 9.11. The average Bonchev–Trinajstić information content (AvgIpc) is 2.74. The van der Waals surface area contributed by atoms with E-state index in [1.807, 2.05) is 24.8 Å². The van der Waals surface area contributed by atoms with E-state index in [1.165, 1.54) is 4.88 Å². The lowest BCUT2D eigenvalue weighted by molar-refractivity contribution is -0.129. The van der Waals surface area contributed by atoms with Crippen LogP contribution in [0.2, 0.25) is 0 Å². The van der Waals surface area contributed by atoms with Crippen molar-refractivity contribution >= 4 is 33.2 Å². The van der Waals surface area contributed by atoms with Gasteiger partial charge in [0.2, 0.25) is 5.91 Å². The summed E-state index contributed by atoms with van der Waals surface area (Å²) in [6, 6.07) is 4.32. The van der Waals surface area contributed by atoms with Crippen LogP contribution >= 0.6 is 27.3 Å². The fraction of sp³-hybridized carbons (Fsp3) is 0.583. The van der Waals surface area contributed by atoms with Gasteiger partial charge in [-0.05, 0) is 48.8 Å². The molecule has 17 heavy (non-hydrogen) atoms. The van der Waals surface area contributed by atoms with Crippen LogP contribution in [0.1, 0.15) is 31.7 Å². The third-order valence-corrected chi connectivity index (χ3v) is 4.50. The molecule has 0 saturated heterocycles. The molecule has 0 aliphatic rings. The van der Waals surface area contributed by atoms with Crippen molar-refractivity contribution in [1.82, 2.24) is 10.2 Å². The Kier molecular flexibility index (Phi) is 6.16. The molecule has 1 unspecified atom stereocenters. The van der Waals surface area contributed by atoms with Crippen LogP contribution in [0.3, 0.4) is 0 Å². The first-order valence-corrected chi connectivity index (χ1v) is 7.45. The van der Waals surface area contributed by atoms with Gasteiger partial charge in [-0.1, -0.05) is 0 Å². The van der Waals surface area contributed by atoms with Gasteiger partial charge >= 0.3 is 0 Å². The van der Waals surface area contributed by atoms with Gasteiger partial charge in [0.25, 0.3) is 0 Å². The fourth-order valence-electron chi connectivity index (χ4n) is 1.59.